The maximum absolute atomic E-state index is 13.1. The molecule has 1 heterocycles. The summed E-state index contributed by atoms with van der Waals surface area (Å²) in [5.41, 5.74) is -1.52. The second-order valence-electron chi connectivity index (χ2n) is 4.18. The van der Waals surface area contributed by atoms with Crippen molar-refractivity contribution in [2.24, 2.45) is 0 Å². The van der Waals surface area contributed by atoms with Crippen LogP contribution in [0.4, 0.5) is 13.2 Å². The molecule has 110 valence electrons. The number of pyridine rings is 1. The molecule has 0 bridgehead atoms. The minimum atomic E-state index is -1.62. The van der Waals surface area contributed by atoms with E-state index in [1.807, 2.05) is 0 Å². The normalized spacial score (nSPS) is 10.7. The van der Waals surface area contributed by atoms with Gasteiger partial charge in [0.05, 0.1) is 11.6 Å². The lowest BCUT2D eigenvalue weighted by molar-refractivity contribution is 0.0694. The second-order valence-corrected chi connectivity index (χ2v) is 4.62. The standard InChI is InChI=1S/C13H7ClF3NO3/c14-7-3-8(13(20)21)12(19)18(5-7)4-6-1-9(15)11(17)10(16)2-6/h1-3,5H,4H2,(H,20,21). The lowest BCUT2D eigenvalue weighted by atomic mass is 10.2. The number of aromatic nitrogens is 1. The minimum Gasteiger partial charge on any atom is -0.477 e. The zero-order valence-corrected chi connectivity index (χ0v) is 11.0. The molecule has 0 atom stereocenters. The predicted molar refractivity (Wildman–Crippen MR) is 68.1 cm³/mol. The number of carboxylic acids is 1. The molecular formula is C13H7ClF3NO3. The van der Waals surface area contributed by atoms with Crippen molar-refractivity contribution in [1.29, 1.82) is 0 Å². The Bertz CT molecular complexity index is 766. The molecule has 1 N–H and O–H groups in total. The molecule has 0 amide bonds. The molecule has 21 heavy (non-hydrogen) atoms. The van der Waals surface area contributed by atoms with Crippen molar-refractivity contribution in [3.8, 4) is 0 Å². The summed E-state index contributed by atoms with van der Waals surface area (Å²) in [4.78, 5) is 22.8. The summed E-state index contributed by atoms with van der Waals surface area (Å²) < 4.78 is 39.9. The van der Waals surface area contributed by atoms with Gasteiger partial charge in [-0.15, -0.1) is 0 Å². The fourth-order valence-electron chi connectivity index (χ4n) is 1.77. The zero-order chi connectivity index (χ0) is 15.7. The van der Waals surface area contributed by atoms with Crippen LogP contribution in [0.1, 0.15) is 15.9 Å². The summed E-state index contributed by atoms with van der Waals surface area (Å²) in [5.74, 6) is -5.91. The number of aromatic carboxylic acids is 1. The molecule has 1 aromatic carbocycles. The Morgan fingerprint density at radius 2 is 1.76 bits per heavy atom. The van der Waals surface area contributed by atoms with Crippen molar-refractivity contribution < 1.29 is 23.1 Å². The topological polar surface area (TPSA) is 59.3 Å². The molecule has 0 aliphatic heterocycles. The lowest BCUT2D eigenvalue weighted by Gasteiger charge is -2.08. The van der Waals surface area contributed by atoms with Gasteiger partial charge in [-0.05, 0) is 23.8 Å². The van der Waals surface area contributed by atoms with Gasteiger partial charge in [-0.3, -0.25) is 4.79 Å². The Morgan fingerprint density at radius 3 is 2.29 bits per heavy atom. The Kier molecular flexibility index (Phi) is 4.04. The van der Waals surface area contributed by atoms with Crippen molar-refractivity contribution in [1.82, 2.24) is 4.57 Å². The van der Waals surface area contributed by atoms with Gasteiger partial charge >= 0.3 is 5.97 Å². The van der Waals surface area contributed by atoms with Gasteiger partial charge in [0.2, 0.25) is 0 Å². The van der Waals surface area contributed by atoms with Crippen molar-refractivity contribution in [3.05, 3.63) is 68.4 Å². The van der Waals surface area contributed by atoms with Gasteiger partial charge in [-0.1, -0.05) is 11.6 Å². The first-order chi connectivity index (χ1) is 9.79. The first kappa shape index (κ1) is 15.1. The van der Waals surface area contributed by atoms with Crippen molar-refractivity contribution >= 4 is 17.6 Å². The smallest absolute Gasteiger partial charge is 0.341 e. The van der Waals surface area contributed by atoms with E-state index in [-0.39, 0.29) is 17.1 Å². The SMILES string of the molecule is O=C(O)c1cc(Cl)cn(Cc2cc(F)c(F)c(F)c2)c1=O. The van der Waals surface area contributed by atoms with Gasteiger partial charge < -0.3 is 9.67 Å². The summed E-state index contributed by atoms with van der Waals surface area (Å²) >= 11 is 5.69. The van der Waals surface area contributed by atoms with Crippen LogP contribution in [0.3, 0.4) is 0 Å². The molecule has 0 spiro atoms. The summed E-state index contributed by atoms with van der Waals surface area (Å²) in [6.45, 7) is -0.353. The molecule has 0 unspecified atom stereocenters. The van der Waals surface area contributed by atoms with E-state index < -0.39 is 34.5 Å². The maximum Gasteiger partial charge on any atom is 0.341 e. The third-order valence-electron chi connectivity index (χ3n) is 2.68. The van der Waals surface area contributed by atoms with Crippen LogP contribution in [-0.2, 0) is 6.54 Å². The minimum absolute atomic E-state index is 0.0324. The van der Waals surface area contributed by atoms with E-state index in [9.17, 15) is 22.8 Å². The number of nitrogens with zero attached hydrogens (tertiary/aromatic N) is 1. The zero-order valence-electron chi connectivity index (χ0n) is 10.2. The van der Waals surface area contributed by atoms with Crippen molar-refractivity contribution in [3.63, 3.8) is 0 Å². The number of rotatable bonds is 3. The number of benzene rings is 1. The van der Waals surface area contributed by atoms with E-state index in [1.54, 1.807) is 0 Å². The van der Waals surface area contributed by atoms with Crippen LogP contribution >= 0.6 is 11.6 Å². The van der Waals surface area contributed by atoms with Crippen LogP contribution in [0, 0.1) is 17.5 Å². The Labute approximate surface area is 121 Å². The first-order valence-corrected chi connectivity index (χ1v) is 5.94. The summed E-state index contributed by atoms with van der Waals surface area (Å²) in [6.07, 6.45) is 1.12. The number of halogens is 4. The van der Waals surface area contributed by atoms with Crippen LogP contribution in [-0.4, -0.2) is 15.6 Å². The molecular weight excluding hydrogens is 311 g/mol. The molecule has 1 aromatic heterocycles. The largest absolute Gasteiger partial charge is 0.477 e. The highest BCUT2D eigenvalue weighted by Gasteiger charge is 2.15. The fraction of sp³-hybridized carbons (Fsp3) is 0.0769. The van der Waals surface area contributed by atoms with Gasteiger partial charge in [0.15, 0.2) is 17.5 Å². The predicted octanol–water partition coefficient (Wildman–Crippen LogP) is 2.67. The van der Waals surface area contributed by atoms with Crippen LogP contribution in [0.2, 0.25) is 5.02 Å². The van der Waals surface area contributed by atoms with E-state index in [0.29, 0.717) is 12.1 Å². The van der Waals surface area contributed by atoms with Gasteiger partial charge in [-0.25, -0.2) is 18.0 Å². The van der Waals surface area contributed by atoms with Gasteiger partial charge in [-0.2, -0.15) is 0 Å². The van der Waals surface area contributed by atoms with Crippen LogP contribution in [0.25, 0.3) is 0 Å². The second kappa shape index (κ2) is 5.61. The van der Waals surface area contributed by atoms with Gasteiger partial charge in [0.1, 0.15) is 5.56 Å². The summed E-state index contributed by atoms with van der Waals surface area (Å²) in [6, 6.07) is 2.40. The van der Waals surface area contributed by atoms with Crippen LogP contribution in [0.15, 0.2) is 29.2 Å². The Balaban J connectivity index is 2.50. The van der Waals surface area contributed by atoms with Gasteiger partial charge in [0.25, 0.3) is 5.56 Å². The molecule has 0 saturated carbocycles. The van der Waals surface area contributed by atoms with Gasteiger partial charge in [0, 0.05) is 6.20 Å². The molecule has 8 heteroatoms. The molecule has 0 aliphatic rings. The molecule has 0 fully saturated rings. The highest BCUT2D eigenvalue weighted by atomic mass is 35.5. The lowest BCUT2D eigenvalue weighted by Crippen LogP contribution is -2.26. The highest BCUT2D eigenvalue weighted by molar-refractivity contribution is 6.30. The fourth-order valence-corrected chi connectivity index (χ4v) is 1.99. The van der Waals surface area contributed by atoms with E-state index >= 15 is 0 Å². The highest BCUT2D eigenvalue weighted by Crippen LogP contribution is 2.15. The molecule has 0 aliphatic carbocycles. The molecule has 2 aromatic rings. The van der Waals surface area contributed by atoms with E-state index in [1.165, 1.54) is 0 Å². The molecule has 0 radical (unpaired) electrons. The number of hydrogen-bond acceptors (Lipinski definition) is 2. The number of carboxylic acid groups (broad SMARTS) is 1. The van der Waals surface area contributed by atoms with Crippen LogP contribution in [0.5, 0.6) is 0 Å². The number of carbonyl (C=O) groups is 1. The van der Waals surface area contributed by atoms with E-state index in [2.05, 4.69) is 0 Å². The number of hydrogen-bond donors (Lipinski definition) is 1. The average Bonchev–Trinajstić information content (AvgIpc) is 2.39. The quantitative estimate of drug-likeness (QED) is 0.885. The first-order valence-electron chi connectivity index (χ1n) is 5.56. The van der Waals surface area contributed by atoms with E-state index in [4.69, 9.17) is 16.7 Å². The van der Waals surface area contributed by atoms with Crippen LogP contribution < -0.4 is 5.56 Å². The summed E-state index contributed by atoms with van der Waals surface area (Å²) in [7, 11) is 0. The van der Waals surface area contributed by atoms with Crippen molar-refractivity contribution in [2.75, 3.05) is 0 Å². The molecule has 2 rings (SSSR count). The average molecular weight is 318 g/mol. The maximum atomic E-state index is 13.1. The monoisotopic (exact) mass is 317 g/mol. The van der Waals surface area contributed by atoms with Crippen molar-refractivity contribution in [2.45, 2.75) is 6.54 Å². The third kappa shape index (κ3) is 3.08. The third-order valence-corrected chi connectivity index (χ3v) is 2.89. The molecule has 4 nitrogen and oxygen atoms in total. The van der Waals surface area contributed by atoms with E-state index in [0.717, 1.165) is 16.8 Å². The Hall–Kier alpha value is -2.28. The summed E-state index contributed by atoms with van der Waals surface area (Å²) in [5, 5.41) is 8.83. The Morgan fingerprint density at radius 1 is 1.19 bits per heavy atom. The molecule has 0 saturated heterocycles.